The Morgan fingerprint density at radius 3 is 2.71 bits per heavy atom. The molecule has 1 rings (SSSR count). The van der Waals surface area contributed by atoms with E-state index in [4.69, 9.17) is 4.74 Å². The Bertz CT molecular complexity index is 442. The number of nitrogens with zero attached hydrogens (tertiary/aromatic N) is 1. The first-order chi connectivity index (χ1) is 7.91. The van der Waals surface area contributed by atoms with Gasteiger partial charge in [0.2, 0.25) is 0 Å². The maximum absolute atomic E-state index is 10.9. The molecule has 0 bridgehead atoms. The summed E-state index contributed by atoms with van der Waals surface area (Å²) in [6.07, 6.45) is -0.127. The van der Waals surface area contributed by atoms with Gasteiger partial charge in [-0.2, -0.15) is 0 Å². The zero-order valence-electron chi connectivity index (χ0n) is 10.1. The highest BCUT2D eigenvalue weighted by Gasteiger charge is 2.19. The van der Waals surface area contributed by atoms with Gasteiger partial charge >= 0.3 is 5.69 Å². The third-order valence-electron chi connectivity index (χ3n) is 2.28. The number of benzene rings is 1. The monoisotopic (exact) mass is 237 g/mol. The number of carbonyl (C=O) groups excluding carboxylic acids is 1. The maximum Gasteiger partial charge on any atom is 0.311 e. The smallest absolute Gasteiger partial charge is 0.311 e. The highest BCUT2D eigenvalue weighted by atomic mass is 16.6. The summed E-state index contributed by atoms with van der Waals surface area (Å²) in [4.78, 5) is 21.3. The quantitative estimate of drug-likeness (QED) is 0.583. The summed E-state index contributed by atoms with van der Waals surface area (Å²) in [5.41, 5.74) is 0.620. The topological polar surface area (TPSA) is 69.4 Å². The van der Waals surface area contributed by atoms with Gasteiger partial charge in [-0.25, -0.2) is 0 Å². The van der Waals surface area contributed by atoms with Crippen molar-refractivity contribution in [1.82, 2.24) is 0 Å². The van der Waals surface area contributed by atoms with Gasteiger partial charge in [-0.1, -0.05) is 12.1 Å². The summed E-state index contributed by atoms with van der Waals surface area (Å²) in [5, 5.41) is 10.8. The lowest BCUT2D eigenvalue weighted by molar-refractivity contribution is -0.386. The van der Waals surface area contributed by atoms with Crippen LogP contribution in [-0.2, 0) is 4.79 Å². The van der Waals surface area contributed by atoms with E-state index in [1.165, 1.54) is 13.0 Å². The van der Waals surface area contributed by atoms with Gasteiger partial charge in [0.05, 0.1) is 4.92 Å². The molecule has 1 aromatic carbocycles. The SMILES string of the molecule is CC(=O)CC(C)Oc1c(C)cccc1[N+](=O)[O-]. The first kappa shape index (κ1) is 13.2. The van der Waals surface area contributed by atoms with Crippen LogP contribution in [0.5, 0.6) is 5.75 Å². The third kappa shape index (κ3) is 3.55. The lowest BCUT2D eigenvalue weighted by Crippen LogP contribution is -2.16. The predicted molar refractivity (Wildman–Crippen MR) is 63.2 cm³/mol. The summed E-state index contributed by atoms with van der Waals surface area (Å²) < 4.78 is 5.49. The first-order valence-corrected chi connectivity index (χ1v) is 5.32. The number of rotatable bonds is 5. The van der Waals surface area contributed by atoms with Crippen molar-refractivity contribution in [2.45, 2.75) is 33.3 Å². The number of para-hydroxylation sites is 1. The molecule has 0 heterocycles. The second-order valence-electron chi connectivity index (χ2n) is 4.01. The van der Waals surface area contributed by atoms with Crippen LogP contribution < -0.4 is 4.74 Å². The van der Waals surface area contributed by atoms with Gasteiger partial charge in [0.25, 0.3) is 0 Å². The number of nitro groups is 1. The number of Topliss-reactive ketones (excluding diaryl/α,β-unsaturated/α-hetero) is 1. The Morgan fingerprint density at radius 2 is 2.18 bits per heavy atom. The van der Waals surface area contributed by atoms with E-state index >= 15 is 0 Å². The fourth-order valence-corrected chi connectivity index (χ4v) is 1.58. The van der Waals surface area contributed by atoms with Crippen molar-refractivity contribution in [3.8, 4) is 5.75 Å². The summed E-state index contributed by atoms with van der Waals surface area (Å²) in [6.45, 7) is 4.92. The molecule has 0 amide bonds. The van der Waals surface area contributed by atoms with Crippen LogP contribution in [0.4, 0.5) is 5.69 Å². The van der Waals surface area contributed by atoms with Crippen LogP contribution in [0.15, 0.2) is 18.2 Å². The van der Waals surface area contributed by atoms with Gasteiger partial charge in [-0.15, -0.1) is 0 Å². The van der Waals surface area contributed by atoms with Crippen molar-refractivity contribution in [2.75, 3.05) is 0 Å². The van der Waals surface area contributed by atoms with E-state index in [1.807, 2.05) is 0 Å². The van der Waals surface area contributed by atoms with Gasteiger partial charge in [-0.3, -0.25) is 14.9 Å². The Balaban J connectivity index is 2.96. The number of hydrogen-bond donors (Lipinski definition) is 0. The highest BCUT2D eigenvalue weighted by molar-refractivity contribution is 5.76. The van der Waals surface area contributed by atoms with Crippen LogP contribution >= 0.6 is 0 Å². The van der Waals surface area contributed by atoms with Crippen LogP contribution in [0.1, 0.15) is 25.8 Å². The van der Waals surface area contributed by atoms with Crippen molar-refractivity contribution >= 4 is 11.5 Å². The Kier molecular flexibility index (Phi) is 4.20. The van der Waals surface area contributed by atoms with Crippen LogP contribution in [0.3, 0.4) is 0 Å². The minimum atomic E-state index is -0.483. The molecule has 0 aliphatic carbocycles. The zero-order valence-corrected chi connectivity index (χ0v) is 10.1. The molecule has 17 heavy (non-hydrogen) atoms. The minimum Gasteiger partial charge on any atom is -0.483 e. The second-order valence-corrected chi connectivity index (χ2v) is 4.01. The van der Waals surface area contributed by atoms with Gasteiger partial charge in [0.1, 0.15) is 11.9 Å². The normalized spacial score (nSPS) is 11.9. The van der Waals surface area contributed by atoms with E-state index in [1.54, 1.807) is 26.0 Å². The second kappa shape index (κ2) is 5.43. The van der Waals surface area contributed by atoms with Crippen LogP contribution in [0, 0.1) is 17.0 Å². The Hall–Kier alpha value is -1.91. The molecule has 0 aliphatic rings. The molecule has 5 heteroatoms. The lowest BCUT2D eigenvalue weighted by Gasteiger charge is -2.14. The molecular weight excluding hydrogens is 222 g/mol. The molecule has 0 aromatic heterocycles. The van der Waals surface area contributed by atoms with Gasteiger partial charge in [0.15, 0.2) is 5.75 Å². The van der Waals surface area contributed by atoms with E-state index in [-0.39, 0.29) is 29.7 Å². The number of ether oxygens (including phenoxy) is 1. The van der Waals surface area contributed by atoms with Crippen molar-refractivity contribution in [2.24, 2.45) is 0 Å². The Morgan fingerprint density at radius 1 is 1.53 bits per heavy atom. The molecule has 0 aliphatic heterocycles. The van der Waals surface area contributed by atoms with Crippen LogP contribution in [-0.4, -0.2) is 16.8 Å². The number of nitro benzene ring substituents is 1. The summed E-state index contributed by atoms with van der Waals surface area (Å²) in [7, 11) is 0. The molecule has 0 fully saturated rings. The molecule has 0 radical (unpaired) electrons. The molecule has 1 aromatic rings. The van der Waals surface area contributed by atoms with E-state index in [2.05, 4.69) is 0 Å². The summed E-state index contributed by atoms with van der Waals surface area (Å²) >= 11 is 0. The Labute approximate surface area is 99.5 Å². The van der Waals surface area contributed by atoms with Gasteiger partial charge in [-0.05, 0) is 26.3 Å². The van der Waals surface area contributed by atoms with E-state index in [0.717, 1.165) is 0 Å². The maximum atomic E-state index is 10.9. The van der Waals surface area contributed by atoms with Crippen molar-refractivity contribution in [1.29, 1.82) is 0 Å². The number of carbonyl (C=O) groups is 1. The third-order valence-corrected chi connectivity index (χ3v) is 2.28. The fourth-order valence-electron chi connectivity index (χ4n) is 1.58. The largest absolute Gasteiger partial charge is 0.483 e. The van der Waals surface area contributed by atoms with Crippen LogP contribution in [0.25, 0.3) is 0 Å². The van der Waals surface area contributed by atoms with Crippen LogP contribution in [0.2, 0.25) is 0 Å². The lowest BCUT2D eigenvalue weighted by atomic mass is 10.1. The van der Waals surface area contributed by atoms with E-state index < -0.39 is 4.92 Å². The zero-order chi connectivity index (χ0) is 13.0. The van der Waals surface area contributed by atoms with E-state index in [0.29, 0.717) is 5.56 Å². The van der Waals surface area contributed by atoms with Gasteiger partial charge in [0, 0.05) is 12.5 Å². The fraction of sp³-hybridized carbons (Fsp3) is 0.417. The van der Waals surface area contributed by atoms with E-state index in [9.17, 15) is 14.9 Å². The van der Waals surface area contributed by atoms with Crippen molar-refractivity contribution in [3.63, 3.8) is 0 Å². The molecular formula is C12H15NO4. The molecule has 0 saturated carbocycles. The number of hydrogen-bond acceptors (Lipinski definition) is 4. The highest BCUT2D eigenvalue weighted by Crippen LogP contribution is 2.31. The molecule has 5 nitrogen and oxygen atoms in total. The van der Waals surface area contributed by atoms with Crippen molar-refractivity contribution < 1.29 is 14.5 Å². The first-order valence-electron chi connectivity index (χ1n) is 5.32. The average molecular weight is 237 g/mol. The van der Waals surface area contributed by atoms with Crippen molar-refractivity contribution in [3.05, 3.63) is 33.9 Å². The molecule has 1 unspecified atom stereocenters. The number of ketones is 1. The number of aryl methyl sites for hydroxylation is 1. The molecule has 92 valence electrons. The molecule has 0 saturated heterocycles. The molecule has 1 atom stereocenters. The average Bonchev–Trinajstić information content (AvgIpc) is 2.19. The summed E-state index contributed by atoms with van der Waals surface area (Å²) in [5.74, 6) is 0.236. The van der Waals surface area contributed by atoms with Gasteiger partial charge < -0.3 is 4.74 Å². The standard InChI is InChI=1S/C12H15NO4/c1-8-5-4-6-11(13(15)16)12(8)17-10(3)7-9(2)14/h4-6,10H,7H2,1-3H3. The summed E-state index contributed by atoms with van der Waals surface area (Å²) in [6, 6.07) is 4.74. The molecule has 0 N–H and O–H groups in total. The molecule has 0 spiro atoms. The minimum absolute atomic E-state index is 0.00580. The predicted octanol–water partition coefficient (Wildman–Crippen LogP) is 2.65.